The molecule has 3 nitrogen and oxygen atoms in total. The normalized spacial score (nSPS) is 12.8. The summed E-state index contributed by atoms with van der Waals surface area (Å²) in [5.41, 5.74) is 3.78. The zero-order chi connectivity index (χ0) is 13.0. The smallest absolute Gasteiger partial charge is 0.0597 e. The minimum absolute atomic E-state index is 0.486. The summed E-state index contributed by atoms with van der Waals surface area (Å²) in [5.74, 6) is 0. The van der Waals surface area contributed by atoms with Crippen LogP contribution in [0.2, 0.25) is 0 Å². The molecule has 0 amide bonds. The first kappa shape index (κ1) is 13.3. The Morgan fingerprint density at radius 3 is 3.00 bits per heavy atom. The van der Waals surface area contributed by atoms with Crippen LogP contribution < -0.4 is 5.32 Å². The molecule has 18 heavy (non-hydrogen) atoms. The van der Waals surface area contributed by atoms with Gasteiger partial charge in [-0.25, -0.2) is 0 Å². The molecule has 0 spiro atoms. The minimum Gasteiger partial charge on any atom is -0.308 e. The van der Waals surface area contributed by atoms with Crippen molar-refractivity contribution in [3.63, 3.8) is 0 Å². The average Bonchev–Trinajstić information content (AvgIpc) is 2.95. The van der Waals surface area contributed by atoms with Gasteiger partial charge in [-0.2, -0.15) is 16.4 Å². The molecule has 2 heterocycles. The Kier molecular flexibility index (Phi) is 4.55. The Labute approximate surface area is 113 Å². The fourth-order valence-corrected chi connectivity index (χ4v) is 2.81. The molecule has 0 fully saturated rings. The topological polar surface area (TPSA) is 29.9 Å². The Balaban J connectivity index is 1.86. The molecule has 1 unspecified atom stereocenters. The number of thiophene rings is 1. The highest BCUT2D eigenvalue weighted by molar-refractivity contribution is 7.07. The fourth-order valence-electron chi connectivity index (χ4n) is 2.13. The summed E-state index contributed by atoms with van der Waals surface area (Å²) in [6.07, 6.45) is 1.09. The molecule has 0 aliphatic carbocycles. The van der Waals surface area contributed by atoms with Crippen molar-refractivity contribution in [3.05, 3.63) is 39.8 Å². The first-order valence-electron chi connectivity index (χ1n) is 6.46. The first-order chi connectivity index (χ1) is 8.69. The van der Waals surface area contributed by atoms with Crippen LogP contribution in [-0.2, 0) is 19.5 Å². The Bertz CT molecular complexity index is 473. The van der Waals surface area contributed by atoms with Gasteiger partial charge >= 0.3 is 0 Å². The van der Waals surface area contributed by atoms with E-state index in [1.54, 1.807) is 11.3 Å². The highest BCUT2D eigenvalue weighted by Gasteiger charge is 2.07. The number of hydrogen-bond donors (Lipinski definition) is 1. The maximum atomic E-state index is 4.46. The average molecular weight is 263 g/mol. The second-order valence-corrected chi connectivity index (χ2v) is 5.49. The van der Waals surface area contributed by atoms with Crippen molar-refractivity contribution >= 4 is 11.3 Å². The van der Waals surface area contributed by atoms with E-state index in [0.717, 1.165) is 25.2 Å². The summed E-state index contributed by atoms with van der Waals surface area (Å²) >= 11 is 1.76. The predicted octanol–water partition coefficient (Wildman–Crippen LogP) is 2.99. The molecule has 1 N–H and O–H groups in total. The lowest BCUT2D eigenvalue weighted by Crippen LogP contribution is -2.28. The summed E-state index contributed by atoms with van der Waals surface area (Å²) in [5, 5.41) is 12.4. The molecule has 0 aliphatic rings. The molecule has 0 saturated carbocycles. The van der Waals surface area contributed by atoms with Gasteiger partial charge in [0.05, 0.1) is 11.4 Å². The number of hydrogen-bond acceptors (Lipinski definition) is 3. The lowest BCUT2D eigenvalue weighted by Gasteiger charge is -2.13. The molecule has 0 aromatic carbocycles. The lowest BCUT2D eigenvalue weighted by atomic mass is 10.1. The van der Waals surface area contributed by atoms with E-state index >= 15 is 0 Å². The molecule has 0 aliphatic heterocycles. The second-order valence-electron chi connectivity index (χ2n) is 4.71. The highest BCUT2D eigenvalue weighted by Crippen LogP contribution is 2.09. The van der Waals surface area contributed by atoms with Gasteiger partial charge in [-0.1, -0.05) is 0 Å². The van der Waals surface area contributed by atoms with E-state index in [-0.39, 0.29) is 0 Å². The van der Waals surface area contributed by atoms with E-state index in [1.807, 2.05) is 6.92 Å². The van der Waals surface area contributed by atoms with Gasteiger partial charge in [0.2, 0.25) is 0 Å². The van der Waals surface area contributed by atoms with Crippen LogP contribution in [0.5, 0.6) is 0 Å². The summed E-state index contributed by atoms with van der Waals surface area (Å²) in [4.78, 5) is 0. The van der Waals surface area contributed by atoms with Crippen LogP contribution in [0.15, 0.2) is 22.9 Å². The van der Waals surface area contributed by atoms with Gasteiger partial charge in [-0.05, 0) is 55.6 Å². The summed E-state index contributed by atoms with van der Waals surface area (Å²) in [6.45, 7) is 8.23. The maximum absolute atomic E-state index is 4.46. The van der Waals surface area contributed by atoms with Crippen molar-refractivity contribution in [2.75, 3.05) is 0 Å². The van der Waals surface area contributed by atoms with Gasteiger partial charge in [0.1, 0.15) is 0 Å². The van der Waals surface area contributed by atoms with Crippen molar-refractivity contribution in [1.82, 2.24) is 15.1 Å². The van der Waals surface area contributed by atoms with Gasteiger partial charge in [-0.3, -0.25) is 4.68 Å². The van der Waals surface area contributed by atoms with Crippen LogP contribution in [0.4, 0.5) is 0 Å². The van der Waals surface area contributed by atoms with Crippen LogP contribution in [0, 0.1) is 6.92 Å². The maximum Gasteiger partial charge on any atom is 0.0597 e. The third kappa shape index (κ3) is 3.43. The van der Waals surface area contributed by atoms with E-state index in [4.69, 9.17) is 0 Å². The molecule has 98 valence electrons. The van der Waals surface area contributed by atoms with Gasteiger partial charge in [0.25, 0.3) is 0 Å². The van der Waals surface area contributed by atoms with E-state index in [1.165, 1.54) is 11.3 Å². The predicted molar refractivity (Wildman–Crippen MR) is 77.0 cm³/mol. The number of nitrogens with zero attached hydrogens (tertiary/aromatic N) is 2. The number of rotatable bonds is 6. The molecule has 2 aromatic heterocycles. The zero-order valence-corrected chi connectivity index (χ0v) is 12.1. The van der Waals surface area contributed by atoms with E-state index in [0.29, 0.717) is 6.04 Å². The number of aromatic nitrogens is 2. The van der Waals surface area contributed by atoms with Crippen LogP contribution in [0.3, 0.4) is 0 Å². The SMILES string of the molecule is CCn1nc(C)cc1CNC(C)Cc1ccsc1. The van der Waals surface area contributed by atoms with Gasteiger partial charge in [-0.15, -0.1) is 0 Å². The molecule has 2 aromatic rings. The number of nitrogens with one attached hydrogen (secondary N) is 1. The Hall–Kier alpha value is -1.13. The van der Waals surface area contributed by atoms with E-state index in [9.17, 15) is 0 Å². The second kappa shape index (κ2) is 6.16. The molecule has 1 atom stereocenters. The zero-order valence-electron chi connectivity index (χ0n) is 11.3. The largest absolute Gasteiger partial charge is 0.308 e. The Morgan fingerprint density at radius 2 is 2.33 bits per heavy atom. The van der Waals surface area contributed by atoms with Crippen LogP contribution in [0.1, 0.15) is 30.8 Å². The molecule has 0 radical (unpaired) electrons. The highest BCUT2D eigenvalue weighted by atomic mass is 32.1. The minimum atomic E-state index is 0.486. The lowest BCUT2D eigenvalue weighted by molar-refractivity contribution is 0.514. The molecule has 0 saturated heterocycles. The standard InChI is InChI=1S/C14H21N3S/c1-4-17-14(8-12(3)16-17)9-15-11(2)7-13-5-6-18-10-13/h5-6,8,10-11,15H,4,7,9H2,1-3H3. The van der Waals surface area contributed by atoms with Crippen LogP contribution in [0.25, 0.3) is 0 Å². The number of aryl methyl sites for hydroxylation is 2. The van der Waals surface area contributed by atoms with Gasteiger partial charge < -0.3 is 5.32 Å². The third-order valence-corrected chi connectivity index (χ3v) is 3.77. The summed E-state index contributed by atoms with van der Waals surface area (Å²) in [6, 6.07) is 4.84. The van der Waals surface area contributed by atoms with Crippen LogP contribution >= 0.6 is 11.3 Å². The van der Waals surface area contributed by atoms with Crippen molar-refractivity contribution in [2.24, 2.45) is 0 Å². The van der Waals surface area contributed by atoms with E-state index < -0.39 is 0 Å². The molecule has 2 rings (SSSR count). The van der Waals surface area contributed by atoms with Crippen molar-refractivity contribution < 1.29 is 0 Å². The van der Waals surface area contributed by atoms with Crippen molar-refractivity contribution in [2.45, 2.75) is 46.3 Å². The first-order valence-corrected chi connectivity index (χ1v) is 7.41. The molecular formula is C14H21N3S. The van der Waals surface area contributed by atoms with E-state index in [2.05, 4.69) is 51.8 Å². The molecule has 0 bridgehead atoms. The van der Waals surface area contributed by atoms with Gasteiger partial charge in [0.15, 0.2) is 0 Å². The fraction of sp³-hybridized carbons (Fsp3) is 0.500. The monoisotopic (exact) mass is 263 g/mol. The molecule has 4 heteroatoms. The Morgan fingerprint density at radius 1 is 1.50 bits per heavy atom. The third-order valence-electron chi connectivity index (χ3n) is 3.04. The van der Waals surface area contributed by atoms with Crippen LogP contribution in [-0.4, -0.2) is 15.8 Å². The van der Waals surface area contributed by atoms with Crippen molar-refractivity contribution in [3.8, 4) is 0 Å². The van der Waals surface area contributed by atoms with Gasteiger partial charge in [0, 0.05) is 19.1 Å². The summed E-state index contributed by atoms with van der Waals surface area (Å²) < 4.78 is 2.07. The van der Waals surface area contributed by atoms with Crippen molar-refractivity contribution in [1.29, 1.82) is 0 Å². The quantitative estimate of drug-likeness (QED) is 0.868. The summed E-state index contributed by atoms with van der Waals surface area (Å²) in [7, 11) is 0. The molecular weight excluding hydrogens is 242 g/mol.